The van der Waals surface area contributed by atoms with Gasteiger partial charge in [-0.05, 0) is 18.2 Å². The Labute approximate surface area is 80.7 Å². The van der Waals surface area contributed by atoms with E-state index in [0.29, 0.717) is 24.6 Å². The fraction of sp³-hybridized carbons (Fsp3) is 0.200. The first-order valence-corrected chi connectivity index (χ1v) is 4.42. The maximum atomic E-state index is 12.8. The van der Waals surface area contributed by atoms with Crippen LogP contribution < -0.4 is 11.1 Å². The number of furan rings is 1. The second-order valence-corrected chi connectivity index (χ2v) is 3.01. The van der Waals surface area contributed by atoms with Crippen LogP contribution in [0.2, 0.25) is 0 Å². The van der Waals surface area contributed by atoms with E-state index in [-0.39, 0.29) is 5.82 Å². The molecule has 0 unspecified atom stereocenters. The Morgan fingerprint density at radius 2 is 2.21 bits per heavy atom. The Bertz CT molecular complexity index is 439. The van der Waals surface area contributed by atoms with Crippen molar-refractivity contribution < 1.29 is 8.81 Å². The van der Waals surface area contributed by atoms with Gasteiger partial charge in [-0.2, -0.15) is 0 Å². The summed E-state index contributed by atoms with van der Waals surface area (Å²) in [5, 5.41) is 3.74. The van der Waals surface area contributed by atoms with Crippen LogP contribution in [0.3, 0.4) is 0 Å². The first-order chi connectivity index (χ1) is 6.79. The van der Waals surface area contributed by atoms with E-state index >= 15 is 0 Å². The lowest BCUT2D eigenvalue weighted by Crippen LogP contribution is -2.12. The van der Waals surface area contributed by atoms with Crippen LogP contribution in [0.5, 0.6) is 0 Å². The topological polar surface area (TPSA) is 51.2 Å². The van der Waals surface area contributed by atoms with Gasteiger partial charge in [0, 0.05) is 24.5 Å². The minimum absolute atomic E-state index is 0.260. The summed E-state index contributed by atoms with van der Waals surface area (Å²) < 4.78 is 18.2. The lowest BCUT2D eigenvalue weighted by molar-refractivity contribution is 0.617. The predicted molar refractivity (Wildman–Crippen MR) is 53.7 cm³/mol. The molecule has 0 saturated heterocycles. The molecule has 1 heterocycles. The van der Waals surface area contributed by atoms with Crippen molar-refractivity contribution in [1.29, 1.82) is 0 Å². The first kappa shape index (κ1) is 9.02. The van der Waals surface area contributed by atoms with Crippen LogP contribution in [0.1, 0.15) is 0 Å². The predicted octanol–water partition coefficient (Wildman–Crippen LogP) is 1.94. The molecule has 1 aromatic heterocycles. The first-order valence-electron chi connectivity index (χ1n) is 4.42. The minimum Gasteiger partial charge on any atom is -0.441 e. The molecule has 0 fully saturated rings. The summed E-state index contributed by atoms with van der Waals surface area (Å²) >= 11 is 0. The van der Waals surface area contributed by atoms with E-state index in [0.717, 1.165) is 5.39 Å². The Hall–Kier alpha value is -1.55. The molecule has 0 atom stereocenters. The van der Waals surface area contributed by atoms with Gasteiger partial charge in [0.2, 0.25) is 0 Å². The molecule has 0 radical (unpaired) electrons. The fourth-order valence-electron chi connectivity index (χ4n) is 1.30. The van der Waals surface area contributed by atoms with Gasteiger partial charge in [0.1, 0.15) is 11.4 Å². The molecule has 74 valence electrons. The third-order valence-corrected chi connectivity index (χ3v) is 1.92. The summed E-state index contributed by atoms with van der Waals surface area (Å²) in [6.07, 6.45) is 0. The molecule has 2 aromatic rings. The number of halogens is 1. The highest BCUT2D eigenvalue weighted by atomic mass is 19.1. The lowest BCUT2D eigenvalue weighted by Gasteiger charge is -1.96. The SMILES string of the molecule is NCCNc1cc2cc(F)ccc2o1. The summed E-state index contributed by atoms with van der Waals surface area (Å²) in [5.74, 6) is 0.361. The molecule has 0 aliphatic heterocycles. The van der Waals surface area contributed by atoms with Crippen LogP contribution in [0.15, 0.2) is 28.7 Å². The van der Waals surface area contributed by atoms with Crippen LogP contribution in [0.25, 0.3) is 11.0 Å². The standard InChI is InChI=1S/C10H11FN2O/c11-8-1-2-9-7(5-8)6-10(14-9)13-4-3-12/h1-2,5-6,13H,3-4,12H2. The summed E-state index contributed by atoms with van der Waals surface area (Å²) in [6, 6.07) is 6.18. The Morgan fingerprint density at radius 3 is 3.00 bits per heavy atom. The van der Waals surface area contributed by atoms with Crippen molar-refractivity contribution in [2.45, 2.75) is 0 Å². The number of anilines is 1. The smallest absolute Gasteiger partial charge is 0.194 e. The molecular weight excluding hydrogens is 183 g/mol. The molecule has 3 N–H and O–H groups in total. The van der Waals surface area contributed by atoms with Gasteiger partial charge in [-0.1, -0.05) is 0 Å². The average Bonchev–Trinajstić information content (AvgIpc) is 2.56. The van der Waals surface area contributed by atoms with E-state index in [4.69, 9.17) is 10.2 Å². The Balaban J connectivity index is 2.32. The van der Waals surface area contributed by atoms with E-state index < -0.39 is 0 Å². The quantitative estimate of drug-likeness (QED) is 0.785. The maximum Gasteiger partial charge on any atom is 0.194 e. The molecule has 0 amide bonds. The number of benzene rings is 1. The number of hydrogen-bond donors (Lipinski definition) is 2. The molecular formula is C10H11FN2O. The molecule has 0 aliphatic rings. The van der Waals surface area contributed by atoms with Gasteiger partial charge in [-0.3, -0.25) is 0 Å². The van der Waals surface area contributed by atoms with Gasteiger partial charge >= 0.3 is 0 Å². The van der Waals surface area contributed by atoms with Crippen molar-refractivity contribution in [2.24, 2.45) is 5.73 Å². The van der Waals surface area contributed by atoms with E-state index in [2.05, 4.69) is 5.32 Å². The zero-order valence-corrected chi connectivity index (χ0v) is 7.59. The van der Waals surface area contributed by atoms with Crippen LogP contribution in [0.4, 0.5) is 10.3 Å². The molecule has 0 bridgehead atoms. The number of hydrogen-bond acceptors (Lipinski definition) is 3. The summed E-state index contributed by atoms with van der Waals surface area (Å²) in [6.45, 7) is 1.17. The Kier molecular flexibility index (Phi) is 2.37. The van der Waals surface area contributed by atoms with Crippen LogP contribution in [-0.2, 0) is 0 Å². The van der Waals surface area contributed by atoms with E-state index in [1.807, 2.05) is 0 Å². The monoisotopic (exact) mass is 194 g/mol. The van der Waals surface area contributed by atoms with E-state index in [1.165, 1.54) is 12.1 Å². The van der Waals surface area contributed by atoms with Gasteiger partial charge < -0.3 is 15.5 Å². The van der Waals surface area contributed by atoms with Crippen molar-refractivity contribution in [3.05, 3.63) is 30.1 Å². The number of nitrogens with one attached hydrogen (secondary N) is 1. The van der Waals surface area contributed by atoms with Crippen molar-refractivity contribution >= 4 is 16.9 Å². The van der Waals surface area contributed by atoms with E-state index in [9.17, 15) is 4.39 Å². The number of nitrogens with two attached hydrogens (primary N) is 1. The lowest BCUT2D eigenvalue weighted by atomic mass is 10.2. The molecule has 3 nitrogen and oxygen atoms in total. The zero-order valence-electron chi connectivity index (χ0n) is 7.59. The van der Waals surface area contributed by atoms with Gasteiger partial charge in [0.15, 0.2) is 5.88 Å². The third kappa shape index (κ3) is 1.70. The highest BCUT2D eigenvalue weighted by Crippen LogP contribution is 2.23. The van der Waals surface area contributed by atoms with Gasteiger partial charge in [-0.25, -0.2) is 4.39 Å². The van der Waals surface area contributed by atoms with Gasteiger partial charge in [0.25, 0.3) is 0 Å². The molecule has 14 heavy (non-hydrogen) atoms. The second kappa shape index (κ2) is 3.67. The summed E-state index contributed by atoms with van der Waals surface area (Å²) in [4.78, 5) is 0. The summed E-state index contributed by atoms with van der Waals surface area (Å²) in [7, 11) is 0. The molecule has 4 heteroatoms. The second-order valence-electron chi connectivity index (χ2n) is 3.01. The number of fused-ring (bicyclic) bond motifs is 1. The van der Waals surface area contributed by atoms with Crippen LogP contribution in [-0.4, -0.2) is 13.1 Å². The largest absolute Gasteiger partial charge is 0.441 e. The van der Waals surface area contributed by atoms with Gasteiger partial charge in [-0.15, -0.1) is 0 Å². The highest BCUT2D eigenvalue weighted by molar-refractivity contribution is 5.80. The molecule has 0 aliphatic carbocycles. The third-order valence-electron chi connectivity index (χ3n) is 1.92. The fourth-order valence-corrected chi connectivity index (χ4v) is 1.30. The van der Waals surface area contributed by atoms with Crippen molar-refractivity contribution in [2.75, 3.05) is 18.4 Å². The van der Waals surface area contributed by atoms with Crippen LogP contribution >= 0.6 is 0 Å². The molecule has 1 aromatic carbocycles. The molecule has 0 spiro atoms. The van der Waals surface area contributed by atoms with Gasteiger partial charge in [0.05, 0.1) is 0 Å². The maximum absolute atomic E-state index is 12.8. The molecule has 0 saturated carbocycles. The zero-order chi connectivity index (χ0) is 9.97. The highest BCUT2D eigenvalue weighted by Gasteiger charge is 2.03. The molecule has 2 rings (SSSR count). The van der Waals surface area contributed by atoms with Crippen molar-refractivity contribution in [3.63, 3.8) is 0 Å². The average molecular weight is 194 g/mol. The van der Waals surface area contributed by atoms with E-state index in [1.54, 1.807) is 12.1 Å². The van der Waals surface area contributed by atoms with Crippen LogP contribution in [0, 0.1) is 5.82 Å². The Morgan fingerprint density at radius 1 is 1.36 bits per heavy atom. The number of rotatable bonds is 3. The van der Waals surface area contributed by atoms with Crippen molar-refractivity contribution in [1.82, 2.24) is 0 Å². The normalized spacial score (nSPS) is 10.7. The van der Waals surface area contributed by atoms with Crippen molar-refractivity contribution in [3.8, 4) is 0 Å². The minimum atomic E-state index is -0.260. The summed E-state index contributed by atoms with van der Waals surface area (Å²) in [5.41, 5.74) is 6.00.